The first-order chi connectivity index (χ1) is 10.4. The first-order valence-electron chi connectivity index (χ1n) is 7.55. The first kappa shape index (κ1) is 16.1. The topological polar surface area (TPSA) is 57.2 Å². The summed E-state index contributed by atoms with van der Waals surface area (Å²) in [6.07, 6.45) is 2.32. The molecule has 2 aromatic rings. The normalized spacial score (nSPS) is 10.9. The van der Waals surface area contributed by atoms with Crippen LogP contribution < -0.4 is 0 Å². The zero-order chi connectivity index (χ0) is 16.3. The summed E-state index contributed by atoms with van der Waals surface area (Å²) in [7, 11) is 1.73. The van der Waals surface area contributed by atoms with Gasteiger partial charge in [0.15, 0.2) is 0 Å². The quantitative estimate of drug-likeness (QED) is 0.844. The fourth-order valence-corrected chi connectivity index (χ4v) is 2.64. The number of hydrogen-bond donors (Lipinski definition) is 0. The highest BCUT2D eigenvalue weighted by molar-refractivity contribution is 5.88. The highest BCUT2D eigenvalue weighted by atomic mass is 16.3. The van der Waals surface area contributed by atoms with Crippen LogP contribution in [0.5, 0.6) is 0 Å². The molecule has 0 spiro atoms. The number of fused-ring (bicyclic) bond motifs is 1. The third kappa shape index (κ3) is 3.30. The van der Waals surface area contributed by atoms with Crippen LogP contribution in [0.15, 0.2) is 22.8 Å². The van der Waals surface area contributed by atoms with E-state index in [-0.39, 0.29) is 5.91 Å². The van der Waals surface area contributed by atoms with Gasteiger partial charge in [0.25, 0.3) is 0 Å². The molecule has 0 saturated carbocycles. The van der Waals surface area contributed by atoms with E-state index in [1.54, 1.807) is 18.2 Å². The molecule has 0 aliphatic rings. The van der Waals surface area contributed by atoms with E-state index in [4.69, 9.17) is 9.68 Å². The van der Waals surface area contributed by atoms with Gasteiger partial charge in [0.05, 0.1) is 25.2 Å². The highest BCUT2D eigenvalue weighted by Gasteiger charge is 2.15. The van der Waals surface area contributed by atoms with Crippen molar-refractivity contribution in [1.29, 1.82) is 5.26 Å². The van der Waals surface area contributed by atoms with Crippen LogP contribution in [-0.4, -0.2) is 24.4 Å². The maximum absolute atomic E-state index is 12.2. The van der Waals surface area contributed by atoms with Crippen LogP contribution in [0.1, 0.15) is 42.9 Å². The predicted molar refractivity (Wildman–Crippen MR) is 86.6 cm³/mol. The smallest absolute Gasteiger partial charge is 0.226 e. The number of likely N-dealkylation sites (N-methyl/N-ethyl adjacent to an activating group) is 1. The van der Waals surface area contributed by atoms with Crippen molar-refractivity contribution in [2.45, 2.75) is 39.5 Å². The van der Waals surface area contributed by atoms with Gasteiger partial charge in [-0.2, -0.15) is 5.26 Å². The third-order valence-corrected chi connectivity index (χ3v) is 3.99. The summed E-state index contributed by atoms with van der Waals surface area (Å²) in [5.74, 6) is 0.436. The highest BCUT2D eigenvalue weighted by Crippen LogP contribution is 2.29. The Morgan fingerprint density at radius 1 is 1.41 bits per heavy atom. The van der Waals surface area contributed by atoms with E-state index in [1.807, 2.05) is 6.07 Å². The van der Waals surface area contributed by atoms with Gasteiger partial charge in [-0.05, 0) is 36.1 Å². The number of aryl methyl sites for hydroxylation is 1. The lowest BCUT2D eigenvalue weighted by Crippen LogP contribution is -2.28. The number of benzene rings is 1. The maximum atomic E-state index is 12.2. The number of hydrogen-bond acceptors (Lipinski definition) is 3. The van der Waals surface area contributed by atoms with Crippen LogP contribution in [0.4, 0.5) is 0 Å². The molecular weight excluding hydrogens is 276 g/mol. The molecule has 0 saturated heterocycles. The molecule has 0 N–H and O–H groups in total. The van der Waals surface area contributed by atoms with E-state index in [1.165, 1.54) is 11.1 Å². The Hall–Kier alpha value is -2.28. The molecule has 0 fully saturated rings. The Morgan fingerprint density at radius 3 is 2.77 bits per heavy atom. The van der Waals surface area contributed by atoms with Crippen LogP contribution in [0.3, 0.4) is 0 Å². The molecule has 116 valence electrons. The van der Waals surface area contributed by atoms with Gasteiger partial charge in [-0.1, -0.05) is 13.8 Å². The monoisotopic (exact) mass is 298 g/mol. The lowest BCUT2D eigenvalue weighted by molar-refractivity contribution is -0.129. The molecule has 0 radical (unpaired) electrons. The second-order valence-electron chi connectivity index (χ2n) is 6.02. The Morgan fingerprint density at radius 2 is 2.14 bits per heavy atom. The van der Waals surface area contributed by atoms with Crippen LogP contribution in [0.2, 0.25) is 0 Å². The molecule has 1 aromatic carbocycles. The molecule has 0 aliphatic carbocycles. The summed E-state index contributed by atoms with van der Waals surface area (Å²) in [5.41, 5.74) is 4.22. The fourth-order valence-electron chi connectivity index (χ4n) is 2.64. The predicted octanol–water partition coefficient (Wildman–Crippen LogP) is 3.78. The van der Waals surface area contributed by atoms with Gasteiger partial charge in [0.1, 0.15) is 5.58 Å². The molecule has 1 heterocycles. The third-order valence-electron chi connectivity index (χ3n) is 3.99. The van der Waals surface area contributed by atoms with Crippen molar-refractivity contribution in [1.82, 2.24) is 4.90 Å². The second-order valence-corrected chi connectivity index (χ2v) is 6.02. The molecule has 0 bridgehead atoms. The summed E-state index contributed by atoms with van der Waals surface area (Å²) in [4.78, 5) is 13.8. The number of carbonyl (C=O) groups is 1. The Bertz CT molecular complexity index is 722. The molecule has 0 unspecified atom stereocenters. The van der Waals surface area contributed by atoms with Gasteiger partial charge >= 0.3 is 0 Å². The average molecular weight is 298 g/mol. The Labute approximate surface area is 131 Å². The van der Waals surface area contributed by atoms with Crippen LogP contribution >= 0.6 is 0 Å². The van der Waals surface area contributed by atoms with Crippen molar-refractivity contribution < 1.29 is 9.21 Å². The van der Waals surface area contributed by atoms with Crippen LogP contribution in [0, 0.1) is 18.3 Å². The molecular formula is C18H22N2O2. The van der Waals surface area contributed by atoms with Gasteiger partial charge in [0, 0.05) is 24.5 Å². The van der Waals surface area contributed by atoms with Crippen molar-refractivity contribution in [3.8, 4) is 6.07 Å². The number of rotatable bonds is 5. The largest absolute Gasteiger partial charge is 0.464 e. The molecule has 4 nitrogen and oxygen atoms in total. The lowest BCUT2D eigenvalue weighted by Gasteiger charge is -2.15. The summed E-state index contributed by atoms with van der Waals surface area (Å²) in [6, 6.07) is 6.23. The van der Waals surface area contributed by atoms with Gasteiger partial charge in [0.2, 0.25) is 5.91 Å². The SMILES string of the molecule is Cc1cc2occ(CC(=O)N(C)CCC#N)c2cc1C(C)C. The van der Waals surface area contributed by atoms with E-state index >= 15 is 0 Å². The summed E-state index contributed by atoms with van der Waals surface area (Å²) >= 11 is 0. The van der Waals surface area contributed by atoms with Crippen molar-refractivity contribution >= 4 is 16.9 Å². The second kappa shape index (κ2) is 6.65. The van der Waals surface area contributed by atoms with Crippen molar-refractivity contribution in [3.63, 3.8) is 0 Å². The Balaban J connectivity index is 2.27. The van der Waals surface area contributed by atoms with E-state index in [0.717, 1.165) is 16.5 Å². The minimum Gasteiger partial charge on any atom is -0.464 e. The summed E-state index contributed by atoms with van der Waals surface area (Å²) in [5, 5.41) is 9.61. The zero-order valence-electron chi connectivity index (χ0n) is 13.6. The van der Waals surface area contributed by atoms with E-state index in [0.29, 0.717) is 25.3 Å². The minimum atomic E-state index is 0.00428. The number of amides is 1. The molecule has 22 heavy (non-hydrogen) atoms. The first-order valence-corrected chi connectivity index (χ1v) is 7.55. The summed E-state index contributed by atoms with van der Waals surface area (Å²) < 4.78 is 5.60. The zero-order valence-corrected chi connectivity index (χ0v) is 13.6. The number of furan rings is 1. The number of carbonyl (C=O) groups excluding carboxylic acids is 1. The van der Waals surface area contributed by atoms with E-state index in [9.17, 15) is 4.79 Å². The van der Waals surface area contributed by atoms with Gasteiger partial charge in [-0.25, -0.2) is 0 Å². The van der Waals surface area contributed by atoms with Gasteiger partial charge < -0.3 is 9.32 Å². The Kier molecular flexibility index (Phi) is 4.87. The van der Waals surface area contributed by atoms with Gasteiger partial charge in [-0.15, -0.1) is 0 Å². The summed E-state index contributed by atoms with van der Waals surface area (Å²) in [6.45, 7) is 6.86. The van der Waals surface area contributed by atoms with E-state index in [2.05, 4.69) is 32.9 Å². The molecule has 0 atom stereocenters. The number of nitriles is 1. The molecule has 4 heteroatoms. The van der Waals surface area contributed by atoms with Crippen LogP contribution in [-0.2, 0) is 11.2 Å². The molecule has 2 rings (SSSR count). The van der Waals surface area contributed by atoms with Gasteiger partial charge in [-0.3, -0.25) is 4.79 Å². The van der Waals surface area contributed by atoms with Crippen molar-refractivity contribution in [3.05, 3.63) is 35.1 Å². The number of nitrogens with zero attached hydrogens (tertiary/aromatic N) is 2. The maximum Gasteiger partial charge on any atom is 0.226 e. The van der Waals surface area contributed by atoms with Crippen molar-refractivity contribution in [2.75, 3.05) is 13.6 Å². The molecule has 0 aliphatic heterocycles. The van der Waals surface area contributed by atoms with Crippen LogP contribution in [0.25, 0.3) is 11.0 Å². The minimum absolute atomic E-state index is 0.00428. The molecule has 1 amide bonds. The average Bonchev–Trinajstić information content (AvgIpc) is 2.85. The lowest BCUT2D eigenvalue weighted by atomic mass is 9.95. The fraction of sp³-hybridized carbons (Fsp3) is 0.444. The van der Waals surface area contributed by atoms with Crippen molar-refractivity contribution in [2.24, 2.45) is 0 Å². The van der Waals surface area contributed by atoms with E-state index < -0.39 is 0 Å². The molecule has 1 aromatic heterocycles. The standard InChI is InChI=1S/C18H22N2O2/c1-12(2)15-10-16-14(11-22-17(16)8-13(15)3)9-18(21)20(4)7-5-6-19/h8,10-12H,5,7,9H2,1-4H3.